The highest BCUT2D eigenvalue weighted by atomic mass is 16.5. The number of benzene rings is 2. The molecule has 1 saturated heterocycles. The van der Waals surface area contributed by atoms with Crippen LogP contribution in [0, 0.1) is 0 Å². The van der Waals surface area contributed by atoms with E-state index in [2.05, 4.69) is 44.2 Å². The molecule has 158 valence electrons. The van der Waals surface area contributed by atoms with Crippen LogP contribution in [0.2, 0.25) is 0 Å². The third-order valence-corrected chi connectivity index (χ3v) is 5.44. The van der Waals surface area contributed by atoms with Crippen LogP contribution in [-0.2, 0) is 17.9 Å². The number of methoxy groups -OCH3 is 1. The second-order valence-corrected chi connectivity index (χ2v) is 7.56. The van der Waals surface area contributed by atoms with Gasteiger partial charge >= 0.3 is 0 Å². The second kappa shape index (κ2) is 8.79. The monoisotopic (exact) mass is 416 g/mol. The zero-order valence-electron chi connectivity index (χ0n) is 17.4. The second-order valence-electron chi connectivity index (χ2n) is 7.56. The average molecular weight is 416 g/mol. The van der Waals surface area contributed by atoms with E-state index >= 15 is 0 Å². The Balaban J connectivity index is 1.33. The maximum atomic E-state index is 5.32. The molecule has 8 heteroatoms. The number of piperazine rings is 1. The number of hydrogen-bond acceptors (Lipinski definition) is 8. The molecule has 0 spiro atoms. The smallest absolute Gasteiger partial charge is 0.240 e. The summed E-state index contributed by atoms with van der Waals surface area (Å²) in [6.45, 7) is 4.42. The largest absolute Gasteiger partial charge is 0.377 e. The van der Waals surface area contributed by atoms with Crippen LogP contribution < -0.4 is 4.90 Å². The fourth-order valence-electron chi connectivity index (χ4n) is 3.86. The lowest BCUT2D eigenvalue weighted by Gasteiger charge is -2.34. The van der Waals surface area contributed by atoms with Crippen molar-refractivity contribution in [3.8, 4) is 11.3 Å². The molecule has 0 unspecified atom stereocenters. The Morgan fingerprint density at radius 2 is 1.68 bits per heavy atom. The van der Waals surface area contributed by atoms with E-state index in [-0.39, 0.29) is 0 Å². The van der Waals surface area contributed by atoms with Crippen LogP contribution in [0.4, 0.5) is 5.95 Å². The molecule has 5 rings (SSSR count). The molecule has 0 N–H and O–H groups in total. The van der Waals surface area contributed by atoms with E-state index in [4.69, 9.17) is 19.2 Å². The molecule has 0 saturated carbocycles. The number of para-hydroxylation sites is 1. The number of hydrogen-bond donors (Lipinski definition) is 0. The molecule has 0 bridgehead atoms. The Hall–Kier alpha value is -3.36. The first kappa shape index (κ1) is 19.6. The van der Waals surface area contributed by atoms with Crippen LogP contribution in [-0.4, -0.2) is 58.3 Å². The van der Waals surface area contributed by atoms with Crippen molar-refractivity contribution in [2.45, 2.75) is 13.2 Å². The van der Waals surface area contributed by atoms with E-state index in [1.165, 1.54) is 0 Å². The van der Waals surface area contributed by atoms with Crippen LogP contribution in [0.5, 0.6) is 0 Å². The van der Waals surface area contributed by atoms with Gasteiger partial charge in [0.25, 0.3) is 0 Å². The standard InChI is InChI=1S/C23H24N6O2/c1-30-16-20-25-21(31-27-20)15-28-11-13-29(14-12-28)23-24-19-10-6-5-9-18(19)22(26-23)17-7-3-2-4-8-17/h2-10H,11-16H2,1H3. The lowest BCUT2D eigenvalue weighted by Crippen LogP contribution is -2.46. The van der Waals surface area contributed by atoms with Gasteiger partial charge in [-0.25, -0.2) is 9.97 Å². The molecule has 2 aromatic heterocycles. The molecule has 0 atom stereocenters. The van der Waals surface area contributed by atoms with Gasteiger partial charge in [-0.15, -0.1) is 0 Å². The normalized spacial score (nSPS) is 14.9. The molecular formula is C23H24N6O2. The van der Waals surface area contributed by atoms with Crippen LogP contribution in [0.25, 0.3) is 22.2 Å². The van der Waals surface area contributed by atoms with Crippen molar-refractivity contribution in [3.05, 3.63) is 66.3 Å². The van der Waals surface area contributed by atoms with Gasteiger partial charge in [-0.2, -0.15) is 4.98 Å². The van der Waals surface area contributed by atoms with Crippen molar-refractivity contribution in [2.75, 3.05) is 38.2 Å². The third-order valence-electron chi connectivity index (χ3n) is 5.44. The minimum atomic E-state index is 0.361. The molecular weight excluding hydrogens is 392 g/mol. The van der Waals surface area contributed by atoms with Crippen molar-refractivity contribution in [3.63, 3.8) is 0 Å². The fraction of sp³-hybridized carbons (Fsp3) is 0.304. The van der Waals surface area contributed by atoms with Gasteiger partial charge < -0.3 is 14.2 Å². The minimum absolute atomic E-state index is 0.361. The number of nitrogens with zero attached hydrogens (tertiary/aromatic N) is 6. The molecule has 0 aliphatic carbocycles. The average Bonchev–Trinajstić information content (AvgIpc) is 3.26. The number of aromatic nitrogens is 4. The Bertz CT molecular complexity index is 1160. The number of fused-ring (bicyclic) bond motifs is 1. The molecule has 2 aromatic carbocycles. The molecule has 31 heavy (non-hydrogen) atoms. The highest BCUT2D eigenvalue weighted by Crippen LogP contribution is 2.28. The van der Waals surface area contributed by atoms with Gasteiger partial charge in [0.15, 0.2) is 5.82 Å². The maximum Gasteiger partial charge on any atom is 0.240 e. The van der Waals surface area contributed by atoms with Crippen molar-refractivity contribution >= 4 is 16.9 Å². The summed E-state index contributed by atoms with van der Waals surface area (Å²) in [5.41, 5.74) is 3.04. The minimum Gasteiger partial charge on any atom is -0.377 e. The number of rotatable bonds is 6. The fourth-order valence-corrected chi connectivity index (χ4v) is 3.86. The molecule has 1 aliphatic heterocycles. The van der Waals surface area contributed by atoms with Crippen molar-refractivity contribution in [1.29, 1.82) is 0 Å². The van der Waals surface area contributed by atoms with Crippen LogP contribution in [0.3, 0.4) is 0 Å². The molecule has 4 aromatic rings. The topological polar surface area (TPSA) is 80.4 Å². The van der Waals surface area contributed by atoms with E-state index < -0.39 is 0 Å². The first-order valence-electron chi connectivity index (χ1n) is 10.4. The molecule has 0 radical (unpaired) electrons. The van der Waals surface area contributed by atoms with Gasteiger partial charge in [-0.05, 0) is 6.07 Å². The van der Waals surface area contributed by atoms with E-state index in [1.54, 1.807) is 7.11 Å². The van der Waals surface area contributed by atoms with Gasteiger partial charge in [-0.3, -0.25) is 4.90 Å². The Labute approximate surface area is 180 Å². The first-order valence-corrected chi connectivity index (χ1v) is 10.4. The SMILES string of the molecule is COCc1noc(CN2CCN(c3nc(-c4ccccc4)c4ccccc4n3)CC2)n1. The summed E-state index contributed by atoms with van der Waals surface area (Å²) < 4.78 is 10.4. The molecule has 1 aliphatic rings. The summed E-state index contributed by atoms with van der Waals surface area (Å²) in [6.07, 6.45) is 0. The summed E-state index contributed by atoms with van der Waals surface area (Å²) in [5.74, 6) is 1.97. The zero-order chi connectivity index (χ0) is 21.0. The molecule has 1 fully saturated rings. The summed E-state index contributed by atoms with van der Waals surface area (Å²) in [7, 11) is 1.62. The zero-order valence-corrected chi connectivity index (χ0v) is 17.4. The van der Waals surface area contributed by atoms with Gasteiger partial charge in [0, 0.05) is 44.2 Å². The highest BCUT2D eigenvalue weighted by molar-refractivity contribution is 5.93. The Kier molecular flexibility index (Phi) is 5.56. The number of ether oxygens (including phenoxy) is 1. The van der Waals surface area contributed by atoms with E-state index in [0.29, 0.717) is 24.9 Å². The van der Waals surface area contributed by atoms with Crippen LogP contribution in [0.1, 0.15) is 11.7 Å². The Morgan fingerprint density at radius 1 is 0.903 bits per heavy atom. The van der Waals surface area contributed by atoms with Gasteiger partial charge in [0.05, 0.1) is 17.8 Å². The summed E-state index contributed by atoms with van der Waals surface area (Å²) in [6, 6.07) is 18.5. The summed E-state index contributed by atoms with van der Waals surface area (Å²) >= 11 is 0. The predicted octanol–water partition coefficient (Wildman–Crippen LogP) is 3.15. The molecule has 0 amide bonds. The lowest BCUT2D eigenvalue weighted by molar-refractivity contribution is 0.174. The first-order chi connectivity index (χ1) is 15.3. The molecule has 3 heterocycles. The van der Waals surface area contributed by atoms with Crippen LogP contribution >= 0.6 is 0 Å². The van der Waals surface area contributed by atoms with E-state index in [9.17, 15) is 0 Å². The molecule has 8 nitrogen and oxygen atoms in total. The summed E-state index contributed by atoms with van der Waals surface area (Å²) in [4.78, 5) is 18.8. The van der Waals surface area contributed by atoms with Crippen molar-refractivity contribution in [2.24, 2.45) is 0 Å². The maximum absolute atomic E-state index is 5.32. The lowest BCUT2D eigenvalue weighted by atomic mass is 10.1. The Morgan fingerprint density at radius 3 is 2.48 bits per heavy atom. The predicted molar refractivity (Wildman–Crippen MR) is 117 cm³/mol. The quantitative estimate of drug-likeness (QED) is 0.474. The summed E-state index contributed by atoms with van der Waals surface area (Å²) in [5, 5.41) is 5.00. The number of anilines is 1. The van der Waals surface area contributed by atoms with Crippen molar-refractivity contribution in [1.82, 2.24) is 25.0 Å². The van der Waals surface area contributed by atoms with E-state index in [1.807, 2.05) is 30.3 Å². The van der Waals surface area contributed by atoms with Gasteiger partial charge in [0.2, 0.25) is 11.8 Å². The van der Waals surface area contributed by atoms with E-state index in [0.717, 1.165) is 54.3 Å². The third kappa shape index (κ3) is 4.26. The van der Waals surface area contributed by atoms with Gasteiger partial charge in [0.1, 0.15) is 6.61 Å². The van der Waals surface area contributed by atoms with Gasteiger partial charge in [-0.1, -0.05) is 53.7 Å². The van der Waals surface area contributed by atoms with Crippen molar-refractivity contribution < 1.29 is 9.26 Å². The van der Waals surface area contributed by atoms with Crippen LogP contribution in [0.15, 0.2) is 59.1 Å². The highest BCUT2D eigenvalue weighted by Gasteiger charge is 2.22.